The maximum atomic E-state index is 12.0. The summed E-state index contributed by atoms with van der Waals surface area (Å²) in [7, 11) is 0. The molecular formula is C13H10ClNO3S. The number of carbonyl (C=O) groups is 2. The van der Waals surface area contributed by atoms with Gasteiger partial charge >= 0.3 is 5.97 Å². The molecule has 0 aliphatic carbocycles. The minimum atomic E-state index is -1.06. The first kappa shape index (κ1) is 13.6. The van der Waals surface area contributed by atoms with Crippen molar-refractivity contribution in [2.75, 3.05) is 5.32 Å². The Morgan fingerprint density at radius 2 is 2.05 bits per heavy atom. The molecule has 0 fully saturated rings. The van der Waals surface area contributed by atoms with Crippen molar-refractivity contribution in [1.29, 1.82) is 0 Å². The van der Waals surface area contributed by atoms with Gasteiger partial charge in [0.2, 0.25) is 0 Å². The van der Waals surface area contributed by atoms with E-state index in [9.17, 15) is 9.59 Å². The number of hydrogen-bond acceptors (Lipinski definition) is 3. The topological polar surface area (TPSA) is 66.4 Å². The molecule has 0 atom stereocenters. The average molecular weight is 296 g/mol. The van der Waals surface area contributed by atoms with Crippen LogP contribution in [0.3, 0.4) is 0 Å². The zero-order valence-electron chi connectivity index (χ0n) is 9.94. The Morgan fingerprint density at radius 1 is 1.32 bits per heavy atom. The molecule has 2 aromatic rings. The third-order valence-corrected chi connectivity index (χ3v) is 3.60. The van der Waals surface area contributed by atoms with E-state index in [2.05, 4.69) is 5.32 Å². The van der Waals surface area contributed by atoms with Crippen LogP contribution in [0.2, 0.25) is 5.02 Å². The monoisotopic (exact) mass is 295 g/mol. The van der Waals surface area contributed by atoms with Crippen molar-refractivity contribution in [3.05, 3.63) is 51.4 Å². The third-order valence-electron chi connectivity index (χ3n) is 2.40. The van der Waals surface area contributed by atoms with Gasteiger partial charge in [-0.25, -0.2) is 4.79 Å². The lowest BCUT2D eigenvalue weighted by Crippen LogP contribution is -2.13. The smallest absolute Gasteiger partial charge is 0.338 e. The number of thiophene rings is 1. The van der Waals surface area contributed by atoms with Crippen LogP contribution in [0.1, 0.15) is 25.6 Å². The summed E-state index contributed by atoms with van der Waals surface area (Å²) >= 11 is 7.03. The van der Waals surface area contributed by atoms with Gasteiger partial charge in [0.15, 0.2) is 0 Å². The van der Waals surface area contributed by atoms with Crippen molar-refractivity contribution in [3.63, 3.8) is 0 Å². The highest BCUT2D eigenvalue weighted by molar-refractivity contribution is 7.16. The van der Waals surface area contributed by atoms with Gasteiger partial charge in [0.25, 0.3) is 5.91 Å². The van der Waals surface area contributed by atoms with Crippen molar-refractivity contribution in [2.45, 2.75) is 6.92 Å². The van der Waals surface area contributed by atoms with Gasteiger partial charge in [-0.05, 0) is 31.2 Å². The van der Waals surface area contributed by atoms with Crippen molar-refractivity contribution in [3.8, 4) is 0 Å². The van der Waals surface area contributed by atoms with Crippen molar-refractivity contribution < 1.29 is 14.7 Å². The Morgan fingerprint density at radius 3 is 2.68 bits per heavy atom. The van der Waals surface area contributed by atoms with E-state index in [1.54, 1.807) is 25.1 Å². The molecule has 19 heavy (non-hydrogen) atoms. The van der Waals surface area contributed by atoms with Crippen LogP contribution in [0, 0.1) is 6.92 Å². The van der Waals surface area contributed by atoms with Gasteiger partial charge in [-0.3, -0.25) is 4.79 Å². The molecule has 4 nitrogen and oxygen atoms in total. The second kappa shape index (κ2) is 5.42. The lowest BCUT2D eigenvalue weighted by molar-refractivity contribution is 0.0698. The average Bonchev–Trinajstić information content (AvgIpc) is 2.70. The number of anilines is 1. The highest BCUT2D eigenvalue weighted by Crippen LogP contribution is 2.28. The molecule has 2 rings (SSSR count). The molecule has 1 amide bonds. The summed E-state index contributed by atoms with van der Waals surface area (Å²) in [4.78, 5) is 23.9. The summed E-state index contributed by atoms with van der Waals surface area (Å²) in [5.41, 5.74) is 0.479. The lowest BCUT2D eigenvalue weighted by atomic mass is 10.2. The Labute approximate surface area is 118 Å². The van der Waals surface area contributed by atoms with Gasteiger partial charge in [-0.2, -0.15) is 0 Å². The first-order chi connectivity index (χ1) is 8.97. The van der Waals surface area contributed by atoms with Gasteiger partial charge in [0.05, 0.1) is 5.56 Å². The summed E-state index contributed by atoms with van der Waals surface area (Å²) in [6.07, 6.45) is 0. The maximum absolute atomic E-state index is 12.0. The first-order valence-electron chi connectivity index (χ1n) is 5.38. The molecule has 0 unspecified atom stereocenters. The molecule has 0 aliphatic rings. The minimum absolute atomic E-state index is 0.0953. The fraction of sp³-hybridized carbons (Fsp3) is 0.0769. The highest BCUT2D eigenvalue weighted by atomic mass is 35.5. The summed E-state index contributed by atoms with van der Waals surface area (Å²) in [5, 5.41) is 12.4. The molecule has 0 spiro atoms. The molecule has 0 saturated heterocycles. The fourth-order valence-electron chi connectivity index (χ4n) is 1.57. The zero-order chi connectivity index (χ0) is 14.0. The van der Waals surface area contributed by atoms with E-state index in [-0.39, 0.29) is 11.5 Å². The van der Waals surface area contributed by atoms with E-state index in [0.717, 1.165) is 4.88 Å². The summed E-state index contributed by atoms with van der Waals surface area (Å²) in [6.45, 7) is 1.78. The molecular weight excluding hydrogens is 286 g/mol. The maximum Gasteiger partial charge on any atom is 0.338 e. The van der Waals surface area contributed by atoms with Crippen LogP contribution in [0.4, 0.5) is 5.00 Å². The van der Waals surface area contributed by atoms with Gasteiger partial charge in [-0.1, -0.05) is 17.7 Å². The molecule has 98 valence electrons. The predicted octanol–water partition coefficient (Wildman–Crippen LogP) is 3.66. The van der Waals surface area contributed by atoms with Crippen LogP contribution < -0.4 is 5.32 Å². The molecule has 0 bridgehead atoms. The van der Waals surface area contributed by atoms with Gasteiger partial charge < -0.3 is 10.4 Å². The second-order valence-electron chi connectivity index (χ2n) is 3.87. The number of benzene rings is 1. The first-order valence-corrected chi connectivity index (χ1v) is 6.57. The number of carbonyl (C=O) groups excluding carboxylic acids is 1. The number of carboxylic acid groups (broad SMARTS) is 1. The Balaban J connectivity index is 2.26. The van der Waals surface area contributed by atoms with E-state index in [1.165, 1.54) is 23.5 Å². The second-order valence-corrected chi connectivity index (χ2v) is 5.56. The lowest BCUT2D eigenvalue weighted by Gasteiger charge is -2.04. The summed E-state index contributed by atoms with van der Waals surface area (Å²) < 4.78 is 0. The van der Waals surface area contributed by atoms with Crippen LogP contribution in [-0.4, -0.2) is 17.0 Å². The molecule has 1 heterocycles. The minimum Gasteiger partial charge on any atom is -0.478 e. The quantitative estimate of drug-likeness (QED) is 0.908. The highest BCUT2D eigenvalue weighted by Gasteiger charge is 2.16. The number of aromatic carboxylic acids is 1. The van der Waals surface area contributed by atoms with E-state index in [1.807, 2.05) is 0 Å². The molecule has 0 radical (unpaired) electrons. The molecule has 0 saturated carbocycles. The number of nitrogens with one attached hydrogen (secondary N) is 1. The van der Waals surface area contributed by atoms with E-state index in [0.29, 0.717) is 15.6 Å². The standard InChI is InChI=1S/C13H10ClNO3S/c1-7-5-10(13(17)18)12(19-7)15-11(16)8-3-2-4-9(14)6-8/h2-6H,1H3,(H,15,16)(H,17,18). The van der Waals surface area contributed by atoms with Crippen molar-refractivity contribution in [2.24, 2.45) is 0 Å². The van der Waals surface area contributed by atoms with E-state index >= 15 is 0 Å². The number of hydrogen-bond donors (Lipinski definition) is 2. The fourth-order valence-corrected chi connectivity index (χ4v) is 2.66. The van der Waals surface area contributed by atoms with Crippen LogP contribution in [-0.2, 0) is 0 Å². The Bertz CT molecular complexity index is 651. The van der Waals surface area contributed by atoms with Crippen molar-refractivity contribution in [1.82, 2.24) is 0 Å². The number of amides is 1. The summed E-state index contributed by atoms with van der Waals surface area (Å²) in [6, 6.07) is 7.99. The van der Waals surface area contributed by atoms with E-state index < -0.39 is 5.97 Å². The molecule has 1 aromatic heterocycles. The molecule has 6 heteroatoms. The molecule has 1 aromatic carbocycles. The van der Waals surface area contributed by atoms with Crippen LogP contribution in [0.15, 0.2) is 30.3 Å². The number of aryl methyl sites for hydroxylation is 1. The third kappa shape index (κ3) is 3.13. The van der Waals surface area contributed by atoms with Crippen LogP contribution in [0.5, 0.6) is 0 Å². The van der Waals surface area contributed by atoms with Crippen LogP contribution >= 0.6 is 22.9 Å². The van der Waals surface area contributed by atoms with Crippen molar-refractivity contribution >= 4 is 39.8 Å². The largest absolute Gasteiger partial charge is 0.478 e. The normalized spacial score (nSPS) is 10.2. The summed E-state index contributed by atoms with van der Waals surface area (Å²) in [5.74, 6) is -1.45. The predicted molar refractivity (Wildman–Crippen MR) is 75.4 cm³/mol. The number of halogens is 1. The van der Waals surface area contributed by atoms with E-state index in [4.69, 9.17) is 16.7 Å². The molecule has 2 N–H and O–H groups in total. The number of carboxylic acids is 1. The van der Waals surface area contributed by atoms with Gasteiger partial charge in [-0.15, -0.1) is 11.3 Å². The Hall–Kier alpha value is -1.85. The van der Waals surface area contributed by atoms with Crippen LogP contribution in [0.25, 0.3) is 0 Å². The molecule has 0 aliphatic heterocycles. The SMILES string of the molecule is Cc1cc(C(=O)O)c(NC(=O)c2cccc(Cl)c2)s1. The Kier molecular flexibility index (Phi) is 3.87. The number of rotatable bonds is 3. The zero-order valence-corrected chi connectivity index (χ0v) is 11.5. The van der Waals surface area contributed by atoms with Gasteiger partial charge in [0.1, 0.15) is 5.00 Å². The van der Waals surface area contributed by atoms with Gasteiger partial charge in [0, 0.05) is 15.5 Å².